The molecule has 0 aliphatic heterocycles. The first-order valence-corrected chi connectivity index (χ1v) is 9.36. The molecule has 0 saturated heterocycles. The van der Waals surface area contributed by atoms with Crippen molar-refractivity contribution >= 4 is 42.2 Å². The molecule has 3 unspecified atom stereocenters. The maximum Gasteiger partial charge on any atom is 0.322 e. The number of primary amides is 1. The van der Waals surface area contributed by atoms with Crippen molar-refractivity contribution in [1.29, 1.82) is 0 Å². The summed E-state index contributed by atoms with van der Waals surface area (Å²) in [6, 6.07) is -3.08. The van der Waals surface area contributed by atoms with E-state index < -0.39 is 54.3 Å². The maximum absolute atomic E-state index is 12.4. The fraction of sp³-hybridized carbons (Fsp3) is 0.688. The number of thiol groups is 1. The fourth-order valence-electron chi connectivity index (χ4n) is 2.16. The molecule has 0 aromatic carbocycles. The monoisotopic (exact) mass is 419 g/mol. The van der Waals surface area contributed by atoms with Crippen molar-refractivity contribution < 1.29 is 29.1 Å². The van der Waals surface area contributed by atoms with Crippen LogP contribution in [0.4, 0.5) is 0 Å². The quantitative estimate of drug-likeness (QED) is 0.163. The van der Waals surface area contributed by atoms with Crippen molar-refractivity contribution in [2.24, 2.45) is 17.4 Å². The lowest BCUT2D eigenvalue weighted by Gasteiger charge is -2.24. The van der Waals surface area contributed by atoms with Gasteiger partial charge in [-0.1, -0.05) is 13.8 Å². The Hall–Kier alpha value is -2.34. The maximum atomic E-state index is 12.4. The van der Waals surface area contributed by atoms with Crippen LogP contribution in [0.15, 0.2) is 0 Å². The summed E-state index contributed by atoms with van der Waals surface area (Å²) < 4.78 is 0. The molecule has 0 fully saturated rings. The van der Waals surface area contributed by atoms with Gasteiger partial charge in [0.15, 0.2) is 0 Å². The molecule has 0 spiro atoms. The number of hydrogen-bond acceptors (Lipinski definition) is 7. The van der Waals surface area contributed by atoms with Gasteiger partial charge in [-0.3, -0.25) is 24.0 Å². The molecule has 11 nitrogen and oxygen atoms in total. The van der Waals surface area contributed by atoms with E-state index in [0.717, 1.165) is 0 Å². The minimum atomic E-state index is -1.21. The van der Waals surface area contributed by atoms with Crippen LogP contribution in [0.2, 0.25) is 0 Å². The zero-order valence-corrected chi connectivity index (χ0v) is 16.8. The van der Waals surface area contributed by atoms with Gasteiger partial charge in [-0.25, -0.2) is 0 Å². The predicted octanol–water partition coefficient (Wildman–Crippen LogP) is -2.27. The summed E-state index contributed by atoms with van der Waals surface area (Å²) >= 11 is 4.03. The van der Waals surface area contributed by atoms with E-state index in [1.165, 1.54) is 0 Å². The van der Waals surface area contributed by atoms with Gasteiger partial charge in [0.25, 0.3) is 0 Å². The standard InChI is InChI=1S/C16H29N5O6S/c1-8(2)5-10(15(26)19-6-13(23)24)20-16(27)11(7-28)21-14(25)9(17)3-4-12(18)22/h8-11,28H,3-7,17H2,1-2H3,(H2,18,22)(H,19,26)(H,20,27)(H,21,25)(H,23,24). The summed E-state index contributed by atoms with van der Waals surface area (Å²) in [7, 11) is 0. The Morgan fingerprint density at radius 2 is 1.57 bits per heavy atom. The lowest BCUT2D eigenvalue weighted by molar-refractivity contribution is -0.138. The van der Waals surface area contributed by atoms with Crippen LogP contribution in [0, 0.1) is 5.92 Å². The summed E-state index contributed by atoms with van der Waals surface area (Å²) in [5.41, 5.74) is 10.7. The highest BCUT2D eigenvalue weighted by Gasteiger charge is 2.28. The molecule has 0 saturated carbocycles. The van der Waals surface area contributed by atoms with E-state index >= 15 is 0 Å². The summed E-state index contributed by atoms with van der Waals surface area (Å²) in [6.07, 6.45) is 0.213. The highest BCUT2D eigenvalue weighted by Crippen LogP contribution is 2.06. The molecule has 3 atom stereocenters. The zero-order valence-electron chi connectivity index (χ0n) is 15.9. The van der Waals surface area contributed by atoms with Gasteiger partial charge in [0.1, 0.15) is 18.6 Å². The fourth-order valence-corrected chi connectivity index (χ4v) is 2.42. The third-order valence-electron chi connectivity index (χ3n) is 3.61. The Balaban J connectivity index is 4.93. The Labute approximate surface area is 168 Å². The molecular weight excluding hydrogens is 390 g/mol. The van der Waals surface area contributed by atoms with E-state index in [0.29, 0.717) is 0 Å². The van der Waals surface area contributed by atoms with Crippen LogP contribution in [-0.4, -0.2) is 65.1 Å². The zero-order chi connectivity index (χ0) is 21.9. The van der Waals surface area contributed by atoms with Crippen LogP contribution in [-0.2, 0) is 24.0 Å². The number of carbonyl (C=O) groups excluding carboxylic acids is 4. The number of hydrogen-bond donors (Lipinski definition) is 7. The van der Waals surface area contributed by atoms with Crippen LogP contribution in [0.25, 0.3) is 0 Å². The Bertz CT molecular complexity index is 586. The SMILES string of the molecule is CC(C)CC(NC(=O)C(CS)NC(=O)C(N)CCC(N)=O)C(=O)NCC(=O)O. The Kier molecular flexibility index (Phi) is 11.9. The van der Waals surface area contributed by atoms with Gasteiger partial charge in [0, 0.05) is 12.2 Å². The number of rotatable bonds is 13. The number of carboxylic acid groups (broad SMARTS) is 1. The molecule has 4 amide bonds. The van der Waals surface area contributed by atoms with Gasteiger partial charge in [-0.2, -0.15) is 12.6 Å². The smallest absolute Gasteiger partial charge is 0.322 e. The van der Waals surface area contributed by atoms with E-state index in [1.807, 2.05) is 13.8 Å². The number of amides is 4. The summed E-state index contributed by atoms with van der Waals surface area (Å²) in [4.78, 5) is 58.0. The second kappa shape index (κ2) is 12.9. The topological polar surface area (TPSA) is 194 Å². The van der Waals surface area contributed by atoms with Crippen LogP contribution in [0.5, 0.6) is 0 Å². The summed E-state index contributed by atoms with van der Waals surface area (Å²) in [6.45, 7) is 3.09. The van der Waals surface area contributed by atoms with Crippen molar-refractivity contribution in [3.05, 3.63) is 0 Å². The average molecular weight is 420 g/mol. The lowest BCUT2D eigenvalue weighted by Crippen LogP contribution is -2.57. The van der Waals surface area contributed by atoms with Crippen LogP contribution < -0.4 is 27.4 Å². The molecule has 0 bridgehead atoms. The third-order valence-corrected chi connectivity index (χ3v) is 3.97. The van der Waals surface area contributed by atoms with Gasteiger partial charge < -0.3 is 32.5 Å². The molecule has 160 valence electrons. The first-order chi connectivity index (χ1) is 13.0. The molecular formula is C16H29N5O6S. The van der Waals surface area contributed by atoms with E-state index in [1.54, 1.807) is 0 Å². The normalized spacial score (nSPS) is 13.9. The van der Waals surface area contributed by atoms with Crippen LogP contribution in [0.1, 0.15) is 33.1 Å². The Morgan fingerprint density at radius 3 is 2.04 bits per heavy atom. The second-order valence-electron chi connectivity index (χ2n) is 6.66. The highest BCUT2D eigenvalue weighted by molar-refractivity contribution is 7.80. The molecule has 28 heavy (non-hydrogen) atoms. The van der Waals surface area contributed by atoms with Crippen molar-refractivity contribution in [2.75, 3.05) is 12.3 Å². The minimum absolute atomic E-state index is 0.0235. The first kappa shape index (κ1) is 25.7. The number of carboxylic acids is 1. The van der Waals surface area contributed by atoms with E-state index in [-0.39, 0.29) is 30.9 Å². The van der Waals surface area contributed by atoms with Crippen molar-refractivity contribution in [2.45, 2.75) is 51.2 Å². The van der Waals surface area contributed by atoms with Gasteiger partial charge in [-0.05, 0) is 18.8 Å². The molecule has 0 aliphatic carbocycles. The average Bonchev–Trinajstić information content (AvgIpc) is 2.60. The number of carbonyl (C=O) groups is 5. The van der Waals surface area contributed by atoms with Crippen molar-refractivity contribution in [3.63, 3.8) is 0 Å². The molecule has 0 aromatic rings. The predicted molar refractivity (Wildman–Crippen MR) is 104 cm³/mol. The van der Waals surface area contributed by atoms with Gasteiger partial charge in [0.2, 0.25) is 23.6 Å². The molecule has 0 aromatic heterocycles. The lowest BCUT2D eigenvalue weighted by atomic mass is 10.0. The molecule has 0 radical (unpaired) electrons. The third kappa shape index (κ3) is 10.7. The summed E-state index contributed by atoms with van der Waals surface area (Å²) in [5.74, 6) is -3.82. The van der Waals surface area contributed by atoms with Crippen LogP contribution >= 0.6 is 12.6 Å². The number of nitrogens with one attached hydrogen (secondary N) is 3. The number of nitrogens with two attached hydrogens (primary N) is 2. The van der Waals surface area contributed by atoms with Gasteiger partial charge in [0.05, 0.1) is 6.04 Å². The molecule has 0 heterocycles. The van der Waals surface area contributed by atoms with Crippen LogP contribution in [0.3, 0.4) is 0 Å². The highest BCUT2D eigenvalue weighted by atomic mass is 32.1. The largest absolute Gasteiger partial charge is 0.480 e. The first-order valence-electron chi connectivity index (χ1n) is 8.72. The van der Waals surface area contributed by atoms with Gasteiger partial charge >= 0.3 is 5.97 Å². The second-order valence-corrected chi connectivity index (χ2v) is 7.02. The van der Waals surface area contributed by atoms with Gasteiger partial charge in [-0.15, -0.1) is 0 Å². The van der Waals surface area contributed by atoms with E-state index in [9.17, 15) is 24.0 Å². The van der Waals surface area contributed by atoms with Crippen molar-refractivity contribution in [1.82, 2.24) is 16.0 Å². The minimum Gasteiger partial charge on any atom is -0.480 e. The molecule has 0 aliphatic rings. The summed E-state index contributed by atoms with van der Waals surface area (Å²) in [5, 5.41) is 15.8. The molecule has 12 heteroatoms. The van der Waals surface area contributed by atoms with E-state index in [2.05, 4.69) is 28.6 Å². The Morgan fingerprint density at radius 1 is 1.00 bits per heavy atom. The molecule has 0 rings (SSSR count). The van der Waals surface area contributed by atoms with Crippen molar-refractivity contribution in [3.8, 4) is 0 Å². The molecule has 8 N–H and O–H groups in total. The number of aliphatic carboxylic acids is 1. The van der Waals surface area contributed by atoms with E-state index in [4.69, 9.17) is 16.6 Å².